The second-order valence-electron chi connectivity index (χ2n) is 11.6. The summed E-state index contributed by atoms with van der Waals surface area (Å²) in [6.45, 7) is 4.86. The standard InChI is InChI=1S/C33H40N4O2S/c38-40(39,31-15-5-2-6-16-31)37-26-29(32-17-7-8-18-33(32)37)25-35(22-27-11-9-19-34-21-27)23-28-12-10-20-36(24-28)30-13-3-1-4-14-30/h2,5-9,11,15-19,21,26,28,30H,1,3-4,10,12-14,20,22-25H2. The Morgan fingerprint density at radius 3 is 2.45 bits per heavy atom. The zero-order valence-corrected chi connectivity index (χ0v) is 24.1. The molecule has 0 N–H and O–H groups in total. The number of pyridine rings is 1. The third-order valence-corrected chi connectivity index (χ3v) is 10.4. The van der Waals surface area contributed by atoms with Crippen molar-refractivity contribution in [1.82, 2.24) is 18.8 Å². The van der Waals surface area contributed by atoms with Crippen LogP contribution in [-0.2, 0) is 23.1 Å². The molecule has 1 saturated heterocycles. The zero-order valence-electron chi connectivity index (χ0n) is 23.2. The molecule has 2 aromatic carbocycles. The van der Waals surface area contributed by atoms with Gasteiger partial charge in [0.05, 0.1) is 10.4 Å². The molecule has 7 heteroatoms. The molecule has 40 heavy (non-hydrogen) atoms. The highest BCUT2D eigenvalue weighted by Gasteiger charge is 2.29. The predicted molar refractivity (Wildman–Crippen MR) is 160 cm³/mol. The number of benzene rings is 2. The molecule has 0 spiro atoms. The number of fused-ring (bicyclic) bond motifs is 1. The molecule has 2 aromatic heterocycles. The van der Waals surface area contributed by atoms with Gasteiger partial charge in [-0.25, -0.2) is 12.4 Å². The van der Waals surface area contributed by atoms with Crippen LogP contribution < -0.4 is 0 Å². The molecule has 4 aromatic rings. The van der Waals surface area contributed by atoms with Gasteiger partial charge >= 0.3 is 0 Å². The van der Waals surface area contributed by atoms with Crippen LogP contribution in [-0.4, -0.2) is 52.9 Å². The molecule has 210 valence electrons. The van der Waals surface area contributed by atoms with Gasteiger partial charge in [-0.05, 0) is 73.5 Å². The lowest BCUT2D eigenvalue weighted by atomic mass is 9.90. The molecule has 6 nitrogen and oxygen atoms in total. The molecule has 1 aliphatic heterocycles. The average Bonchev–Trinajstić information content (AvgIpc) is 3.38. The minimum Gasteiger partial charge on any atom is -0.300 e. The fourth-order valence-corrected chi connectivity index (χ4v) is 8.23. The Labute approximate surface area is 238 Å². The number of rotatable bonds is 9. The van der Waals surface area contributed by atoms with Crippen molar-refractivity contribution in [3.63, 3.8) is 0 Å². The van der Waals surface area contributed by atoms with E-state index in [9.17, 15) is 8.42 Å². The summed E-state index contributed by atoms with van der Waals surface area (Å²) in [5, 5.41) is 0.991. The molecule has 3 heterocycles. The van der Waals surface area contributed by atoms with Crippen LogP contribution in [0.4, 0.5) is 0 Å². The second-order valence-corrected chi connectivity index (χ2v) is 13.4. The van der Waals surface area contributed by atoms with Gasteiger partial charge in [-0.1, -0.05) is 61.7 Å². The van der Waals surface area contributed by atoms with Crippen LogP contribution in [0.5, 0.6) is 0 Å². The maximum atomic E-state index is 13.7. The van der Waals surface area contributed by atoms with E-state index in [2.05, 4.69) is 26.9 Å². The van der Waals surface area contributed by atoms with Crippen LogP contribution in [0, 0.1) is 5.92 Å². The van der Waals surface area contributed by atoms with Gasteiger partial charge in [-0.3, -0.25) is 9.88 Å². The van der Waals surface area contributed by atoms with Gasteiger partial charge in [0.1, 0.15) is 0 Å². The number of piperidine rings is 1. The molecular formula is C33H40N4O2S. The Morgan fingerprint density at radius 2 is 1.65 bits per heavy atom. The van der Waals surface area contributed by atoms with E-state index in [0.29, 0.717) is 17.4 Å². The highest BCUT2D eigenvalue weighted by Crippen LogP contribution is 2.30. The van der Waals surface area contributed by atoms with E-state index in [0.717, 1.165) is 35.6 Å². The first kappa shape index (κ1) is 27.2. The van der Waals surface area contributed by atoms with Gasteiger partial charge in [0.2, 0.25) is 0 Å². The van der Waals surface area contributed by atoms with Crippen LogP contribution in [0.15, 0.2) is 90.2 Å². The largest absolute Gasteiger partial charge is 0.300 e. The topological polar surface area (TPSA) is 58.4 Å². The van der Waals surface area contributed by atoms with Gasteiger partial charge in [0, 0.05) is 56.2 Å². The molecule has 0 amide bonds. The monoisotopic (exact) mass is 556 g/mol. The number of nitrogens with zero attached hydrogens (tertiary/aromatic N) is 4. The first-order valence-corrected chi connectivity index (χ1v) is 16.3. The Hall–Kier alpha value is -3.00. The van der Waals surface area contributed by atoms with Crippen LogP contribution in [0.1, 0.15) is 56.1 Å². The molecule has 1 unspecified atom stereocenters. The van der Waals surface area contributed by atoms with Crippen molar-refractivity contribution >= 4 is 20.9 Å². The lowest BCUT2D eigenvalue weighted by Crippen LogP contribution is -2.46. The third kappa shape index (κ3) is 6.02. The summed E-state index contributed by atoms with van der Waals surface area (Å²) < 4.78 is 28.8. The average molecular weight is 557 g/mol. The lowest BCUT2D eigenvalue weighted by Gasteiger charge is -2.41. The van der Waals surface area contributed by atoms with E-state index in [1.54, 1.807) is 24.3 Å². The zero-order chi connectivity index (χ0) is 27.4. The van der Waals surface area contributed by atoms with E-state index < -0.39 is 10.0 Å². The first-order chi connectivity index (χ1) is 19.6. The SMILES string of the molecule is O=S(=O)(c1ccccc1)n1cc(CN(Cc2cccnc2)CC2CCCN(C3CCCCC3)C2)c2ccccc21. The number of aromatic nitrogens is 2. The summed E-state index contributed by atoms with van der Waals surface area (Å²) in [6.07, 6.45) is 14.9. The van der Waals surface area contributed by atoms with Crippen LogP contribution in [0.2, 0.25) is 0 Å². The molecule has 0 radical (unpaired) electrons. The molecular weight excluding hydrogens is 516 g/mol. The number of hydrogen-bond donors (Lipinski definition) is 0. The molecule has 1 aliphatic carbocycles. The summed E-state index contributed by atoms with van der Waals surface area (Å²) in [5.41, 5.74) is 2.95. The predicted octanol–water partition coefficient (Wildman–Crippen LogP) is 6.32. The first-order valence-electron chi connectivity index (χ1n) is 14.8. The van der Waals surface area contributed by atoms with E-state index in [4.69, 9.17) is 0 Å². The highest BCUT2D eigenvalue weighted by molar-refractivity contribution is 7.90. The van der Waals surface area contributed by atoms with Gasteiger partial charge in [0.25, 0.3) is 10.0 Å². The van der Waals surface area contributed by atoms with E-state index in [-0.39, 0.29) is 0 Å². The van der Waals surface area contributed by atoms with Crippen LogP contribution >= 0.6 is 0 Å². The number of likely N-dealkylation sites (tertiary alicyclic amines) is 1. The Bertz CT molecular complexity index is 1500. The summed E-state index contributed by atoms with van der Waals surface area (Å²) in [5.74, 6) is 0.605. The fraction of sp³-hybridized carbons (Fsp3) is 0.424. The maximum Gasteiger partial charge on any atom is 0.268 e. The van der Waals surface area contributed by atoms with E-state index >= 15 is 0 Å². The van der Waals surface area contributed by atoms with E-state index in [1.165, 1.54) is 67.6 Å². The molecule has 1 atom stereocenters. The minimum atomic E-state index is -3.70. The van der Waals surface area contributed by atoms with Crippen molar-refractivity contribution in [2.24, 2.45) is 5.92 Å². The lowest BCUT2D eigenvalue weighted by molar-refractivity contribution is 0.0772. The molecule has 1 saturated carbocycles. The van der Waals surface area contributed by atoms with Crippen molar-refractivity contribution in [3.8, 4) is 0 Å². The summed E-state index contributed by atoms with van der Waals surface area (Å²) in [4.78, 5) is 9.95. The van der Waals surface area contributed by atoms with Crippen molar-refractivity contribution in [2.75, 3.05) is 19.6 Å². The normalized spacial score (nSPS) is 19.4. The molecule has 0 bridgehead atoms. The number of para-hydroxylation sites is 1. The highest BCUT2D eigenvalue weighted by atomic mass is 32.2. The number of hydrogen-bond acceptors (Lipinski definition) is 5. The Kier molecular flexibility index (Phi) is 8.32. The summed E-state index contributed by atoms with van der Waals surface area (Å²) in [7, 11) is -3.70. The summed E-state index contributed by atoms with van der Waals surface area (Å²) >= 11 is 0. The van der Waals surface area contributed by atoms with Crippen molar-refractivity contribution in [3.05, 3.63) is 96.4 Å². The third-order valence-electron chi connectivity index (χ3n) is 8.74. The van der Waals surface area contributed by atoms with E-state index in [1.807, 2.05) is 48.9 Å². The van der Waals surface area contributed by atoms with Crippen molar-refractivity contribution in [1.29, 1.82) is 0 Å². The molecule has 2 fully saturated rings. The van der Waals surface area contributed by atoms with Crippen LogP contribution in [0.3, 0.4) is 0 Å². The van der Waals surface area contributed by atoms with Gasteiger partial charge in [-0.2, -0.15) is 0 Å². The van der Waals surface area contributed by atoms with Crippen LogP contribution in [0.25, 0.3) is 10.9 Å². The molecule has 6 rings (SSSR count). The van der Waals surface area contributed by atoms with Crippen molar-refractivity contribution in [2.45, 2.75) is 69.0 Å². The maximum absolute atomic E-state index is 13.7. The van der Waals surface area contributed by atoms with Crippen molar-refractivity contribution < 1.29 is 8.42 Å². The van der Waals surface area contributed by atoms with Gasteiger partial charge in [-0.15, -0.1) is 0 Å². The minimum absolute atomic E-state index is 0.305. The van der Waals surface area contributed by atoms with Gasteiger partial charge < -0.3 is 4.90 Å². The fourth-order valence-electron chi connectivity index (χ4n) is 6.81. The second kappa shape index (κ2) is 12.2. The Balaban J connectivity index is 1.28. The van der Waals surface area contributed by atoms with Gasteiger partial charge in [0.15, 0.2) is 0 Å². The summed E-state index contributed by atoms with van der Waals surface area (Å²) in [6, 6.07) is 21.5. The smallest absolute Gasteiger partial charge is 0.268 e. The Morgan fingerprint density at radius 1 is 0.850 bits per heavy atom. The molecule has 2 aliphatic rings. The quantitative estimate of drug-likeness (QED) is 0.241.